The minimum atomic E-state index is -0.321. The van der Waals surface area contributed by atoms with Crippen LogP contribution in [0.25, 0.3) is 0 Å². The summed E-state index contributed by atoms with van der Waals surface area (Å²) in [5, 5.41) is 3.43. The summed E-state index contributed by atoms with van der Waals surface area (Å²) in [5.41, 5.74) is 2.50. The highest BCUT2D eigenvalue weighted by atomic mass is 35.5. The number of nitrogens with zero attached hydrogens (tertiary/aromatic N) is 2. The van der Waals surface area contributed by atoms with Gasteiger partial charge in [0.05, 0.1) is 5.02 Å². The fourth-order valence-electron chi connectivity index (χ4n) is 2.90. The van der Waals surface area contributed by atoms with E-state index < -0.39 is 0 Å². The van der Waals surface area contributed by atoms with Crippen molar-refractivity contribution in [3.05, 3.63) is 63.4 Å². The summed E-state index contributed by atoms with van der Waals surface area (Å²) in [5.74, 6) is -0.321. The third-order valence-corrected chi connectivity index (χ3v) is 4.69. The Labute approximate surface area is 151 Å². The molecule has 126 valence electrons. The molecule has 1 amide bonds. The average Bonchev–Trinajstić information content (AvgIpc) is 3.09. The first kappa shape index (κ1) is 17.2. The molecule has 0 aliphatic carbocycles. The molecule has 1 fully saturated rings. The summed E-state index contributed by atoms with van der Waals surface area (Å²) in [6.45, 7) is 3.64. The SMILES string of the molecule is O=C(NCc1ccccc1CN1CCCC1)c1nc(Cl)ccc1Cl. The van der Waals surface area contributed by atoms with E-state index in [0.29, 0.717) is 11.6 Å². The van der Waals surface area contributed by atoms with Gasteiger partial charge in [-0.15, -0.1) is 0 Å². The van der Waals surface area contributed by atoms with Gasteiger partial charge < -0.3 is 5.32 Å². The molecule has 2 aromatic rings. The van der Waals surface area contributed by atoms with Crippen LogP contribution in [-0.4, -0.2) is 28.9 Å². The first-order valence-electron chi connectivity index (χ1n) is 8.03. The van der Waals surface area contributed by atoms with Gasteiger partial charge in [-0.1, -0.05) is 47.5 Å². The van der Waals surface area contributed by atoms with E-state index in [2.05, 4.69) is 21.3 Å². The first-order chi connectivity index (χ1) is 11.6. The predicted molar refractivity (Wildman–Crippen MR) is 96.4 cm³/mol. The molecule has 1 aromatic carbocycles. The number of rotatable bonds is 5. The third-order valence-electron chi connectivity index (χ3n) is 4.18. The number of halogens is 2. The van der Waals surface area contributed by atoms with Crippen LogP contribution in [0.1, 0.15) is 34.5 Å². The van der Waals surface area contributed by atoms with Gasteiger partial charge in [-0.3, -0.25) is 9.69 Å². The molecule has 1 aromatic heterocycles. The molecule has 0 spiro atoms. The lowest BCUT2D eigenvalue weighted by atomic mass is 10.1. The molecule has 4 nitrogen and oxygen atoms in total. The van der Waals surface area contributed by atoms with Crippen molar-refractivity contribution < 1.29 is 4.79 Å². The summed E-state index contributed by atoms with van der Waals surface area (Å²) in [6, 6.07) is 11.3. The molecule has 24 heavy (non-hydrogen) atoms. The molecule has 6 heteroatoms. The summed E-state index contributed by atoms with van der Waals surface area (Å²) in [4.78, 5) is 18.8. The minimum Gasteiger partial charge on any atom is -0.347 e. The van der Waals surface area contributed by atoms with E-state index in [1.807, 2.05) is 18.2 Å². The molecular formula is C18H19Cl2N3O. The number of carbonyl (C=O) groups excluding carboxylic acids is 1. The van der Waals surface area contributed by atoms with E-state index in [4.69, 9.17) is 23.2 Å². The summed E-state index contributed by atoms with van der Waals surface area (Å²) in [7, 11) is 0. The van der Waals surface area contributed by atoms with Crippen molar-refractivity contribution in [1.29, 1.82) is 0 Å². The topological polar surface area (TPSA) is 45.2 Å². The van der Waals surface area contributed by atoms with Crippen LogP contribution in [0.5, 0.6) is 0 Å². The molecule has 0 radical (unpaired) electrons. The van der Waals surface area contributed by atoms with Crippen LogP contribution in [0, 0.1) is 0 Å². The number of pyridine rings is 1. The highest BCUT2D eigenvalue weighted by molar-refractivity contribution is 6.34. The number of hydrogen-bond acceptors (Lipinski definition) is 3. The summed E-state index contributed by atoms with van der Waals surface area (Å²) < 4.78 is 0. The lowest BCUT2D eigenvalue weighted by molar-refractivity contribution is 0.0946. The van der Waals surface area contributed by atoms with Crippen LogP contribution >= 0.6 is 23.2 Å². The lowest BCUT2D eigenvalue weighted by Gasteiger charge is -2.17. The maximum Gasteiger partial charge on any atom is 0.271 e. The zero-order valence-electron chi connectivity index (χ0n) is 13.3. The number of hydrogen-bond donors (Lipinski definition) is 1. The molecule has 1 aliphatic rings. The van der Waals surface area contributed by atoms with Crippen LogP contribution in [0.15, 0.2) is 36.4 Å². The molecule has 1 aliphatic heterocycles. The number of nitrogens with one attached hydrogen (secondary N) is 1. The van der Waals surface area contributed by atoms with E-state index in [9.17, 15) is 4.79 Å². The van der Waals surface area contributed by atoms with E-state index in [-0.39, 0.29) is 16.8 Å². The van der Waals surface area contributed by atoms with Crippen LogP contribution in [0.3, 0.4) is 0 Å². The van der Waals surface area contributed by atoms with Crippen molar-refractivity contribution in [2.75, 3.05) is 13.1 Å². The Morgan fingerprint density at radius 3 is 2.54 bits per heavy atom. The molecule has 0 atom stereocenters. The Bertz CT molecular complexity index is 730. The van der Waals surface area contributed by atoms with Crippen molar-refractivity contribution in [1.82, 2.24) is 15.2 Å². The van der Waals surface area contributed by atoms with Crippen LogP contribution in [-0.2, 0) is 13.1 Å². The number of carbonyl (C=O) groups is 1. The number of aromatic nitrogens is 1. The second-order valence-corrected chi connectivity index (χ2v) is 6.69. The summed E-state index contributed by atoms with van der Waals surface area (Å²) in [6.07, 6.45) is 2.52. The van der Waals surface area contributed by atoms with Gasteiger partial charge in [0.25, 0.3) is 5.91 Å². The fourth-order valence-corrected chi connectivity index (χ4v) is 3.24. The Hall–Kier alpha value is -1.62. The van der Waals surface area contributed by atoms with Crippen molar-refractivity contribution in [3.63, 3.8) is 0 Å². The van der Waals surface area contributed by atoms with Crippen LogP contribution in [0.2, 0.25) is 10.2 Å². The van der Waals surface area contributed by atoms with Gasteiger partial charge in [0.15, 0.2) is 0 Å². The Balaban J connectivity index is 1.67. The first-order valence-corrected chi connectivity index (χ1v) is 8.78. The van der Waals surface area contributed by atoms with Gasteiger partial charge in [0.1, 0.15) is 10.8 Å². The standard InChI is InChI=1S/C18H19Cl2N3O/c19-15-7-8-16(20)22-17(15)18(24)21-11-13-5-1-2-6-14(13)12-23-9-3-4-10-23/h1-2,5-8H,3-4,9-12H2,(H,21,24). The van der Waals surface area contributed by atoms with Gasteiger partial charge in [0, 0.05) is 13.1 Å². The largest absolute Gasteiger partial charge is 0.347 e. The smallest absolute Gasteiger partial charge is 0.271 e. The maximum absolute atomic E-state index is 12.3. The predicted octanol–water partition coefficient (Wildman–Crippen LogP) is 3.91. The highest BCUT2D eigenvalue weighted by Crippen LogP contribution is 2.18. The van der Waals surface area contributed by atoms with Crippen LogP contribution in [0.4, 0.5) is 0 Å². The second-order valence-electron chi connectivity index (χ2n) is 5.90. The number of likely N-dealkylation sites (tertiary alicyclic amines) is 1. The Kier molecular flexibility index (Phi) is 5.72. The van der Waals surface area contributed by atoms with Gasteiger partial charge in [0.2, 0.25) is 0 Å². The van der Waals surface area contributed by atoms with Crippen molar-refractivity contribution in [2.24, 2.45) is 0 Å². The molecule has 1 N–H and O–H groups in total. The van der Waals surface area contributed by atoms with E-state index >= 15 is 0 Å². The lowest BCUT2D eigenvalue weighted by Crippen LogP contribution is -2.26. The van der Waals surface area contributed by atoms with Crippen LogP contribution < -0.4 is 5.32 Å². The second kappa shape index (κ2) is 7.97. The summed E-state index contributed by atoms with van der Waals surface area (Å²) >= 11 is 11.9. The molecular weight excluding hydrogens is 345 g/mol. The van der Waals surface area contributed by atoms with Gasteiger partial charge >= 0.3 is 0 Å². The molecule has 3 rings (SSSR count). The number of amides is 1. The zero-order valence-corrected chi connectivity index (χ0v) is 14.8. The zero-order chi connectivity index (χ0) is 16.9. The van der Waals surface area contributed by atoms with Crippen molar-refractivity contribution >= 4 is 29.1 Å². The van der Waals surface area contributed by atoms with Crippen molar-refractivity contribution in [2.45, 2.75) is 25.9 Å². The Morgan fingerprint density at radius 1 is 1.08 bits per heavy atom. The quantitative estimate of drug-likeness (QED) is 0.818. The van der Waals surface area contributed by atoms with E-state index in [0.717, 1.165) is 25.2 Å². The van der Waals surface area contributed by atoms with Gasteiger partial charge in [-0.25, -0.2) is 4.98 Å². The highest BCUT2D eigenvalue weighted by Gasteiger charge is 2.15. The van der Waals surface area contributed by atoms with Crippen molar-refractivity contribution in [3.8, 4) is 0 Å². The fraction of sp³-hybridized carbons (Fsp3) is 0.333. The Morgan fingerprint density at radius 2 is 1.79 bits per heavy atom. The van der Waals surface area contributed by atoms with E-state index in [1.165, 1.54) is 18.4 Å². The maximum atomic E-state index is 12.3. The van der Waals surface area contributed by atoms with Gasteiger partial charge in [-0.05, 0) is 49.2 Å². The van der Waals surface area contributed by atoms with E-state index in [1.54, 1.807) is 12.1 Å². The molecule has 1 saturated heterocycles. The molecule has 2 heterocycles. The van der Waals surface area contributed by atoms with Gasteiger partial charge in [-0.2, -0.15) is 0 Å². The third kappa shape index (κ3) is 4.26. The normalized spacial score (nSPS) is 14.8. The average molecular weight is 364 g/mol. The number of benzene rings is 1. The molecule has 0 saturated carbocycles. The monoisotopic (exact) mass is 363 g/mol. The molecule has 0 unspecified atom stereocenters. The minimum absolute atomic E-state index is 0.154. The molecule has 0 bridgehead atoms.